The lowest BCUT2D eigenvalue weighted by molar-refractivity contribution is 0.473. The summed E-state index contributed by atoms with van der Waals surface area (Å²) in [6, 6.07) is 26.5. The number of hydrogen-bond donors (Lipinski definition) is 1. The largest absolute Gasteiger partial charge is 0.383 e. The van der Waals surface area contributed by atoms with Gasteiger partial charge in [-0.2, -0.15) is 15.3 Å². The maximum Gasteiger partial charge on any atom is 0.117 e. The molecule has 0 aromatic heterocycles. The van der Waals surface area contributed by atoms with E-state index in [4.69, 9.17) is 5.11 Å². The molecule has 4 rings (SSSR count). The van der Waals surface area contributed by atoms with Gasteiger partial charge in [-0.05, 0) is 79.1 Å². The summed E-state index contributed by atoms with van der Waals surface area (Å²) >= 11 is 0. The fourth-order valence-electron chi connectivity index (χ4n) is 4.43. The van der Waals surface area contributed by atoms with E-state index >= 15 is 0 Å². The Bertz CT molecular complexity index is 1390. The molecule has 0 radical (unpaired) electrons. The summed E-state index contributed by atoms with van der Waals surface area (Å²) < 4.78 is 0. The molecule has 1 unspecified atom stereocenters. The van der Waals surface area contributed by atoms with Crippen LogP contribution in [0.1, 0.15) is 50.7 Å². The average Bonchev–Trinajstić information content (AvgIpc) is 2.91. The van der Waals surface area contributed by atoms with E-state index in [2.05, 4.69) is 83.9 Å². The zero-order valence-corrected chi connectivity index (χ0v) is 22.4. The molecule has 4 aromatic rings. The summed E-state index contributed by atoms with van der Waals surface area (Å²) in [5.74, 6) is 0.653. The molecule has 0 amide bonds. The summed E-state index contributed by atoms with van der Waals surface area (Å²) in [7, 11) is 0. The van der Waals surface area contributed by atoms with Gasteiger partial charge in [-0.1, -0.05) is 75.6 Å². The van der Waals surface area contributed by atoms with E-state index in [1.807, 2.05) is 43.3 Å². The van der Waals surface area contributed by atoms with Gasteiger partial charge in [0.2, 0.25) is 0 Å². The third-order valence-electron chi connectivity index (χ3n) is 6.75. The molecule has 5 heteroatoms. The number of unbranched alkanes of at least 4 members (excludes halogenated alkanes) is 1. The molecule has 0 saturated heterocycles. The monoisotopic (exact) mass is 491 g/mol. The minimum Gasteiger partial charge on any atom is -0.383 e. The Labute approximate surface area is 220 Å². The second-order valence-electron chi connectivity index (χ2n) is 9.69. The molecule has 0 aliphatic heterocycles. The van der Waals surface area contributed by atoms with E-state index in [0.29, 0.717) is 5.92 Å². The summed E-state index contributed by atoms with van der Waals surface area (Å²) in [5, 5.41) is 24.1. The van der Waals surface area contributed by atoms with Crippen LogP contribution in [0.25, 0.3) is 10.8 Å². The lowest BCUT2D eigenvalue weighted by Crippen LogP contribution is -2.13. The molecule has 0 bridgehead atoms. The van der Waals surface area contributed by atoms with Crippen LogP contribution in [0.4, 0.5) is 28.4 Å². The maximum absolute atomic E-state index is 4.75. The Kier molecular flexibility index (Phi) is 9.14. The van der Waals surface area contributed by atoms with Crippen LogP contribution >= 0.6 is 0 Å². The summed E-state index contributed by atoms with van der Waals surface area (Å²) in [6.07, 6.45) is 4.92. The molecule has 0 heterocycles. The summed E-state index contributed by atoms with van der Waals surface area (Å²) in [4.78, 5) is 0. The first-order chi connectivity index (χ1) is 18.1. The first-order valence-corrected chi connectivity index (χ1v) is 13.3. The SMILES string of the molecule is CCCCC(CC)CNc1ccc2ccccc2c1N=Nc1ccc(N=Nc2cccc(C)c2)c(C)c1. The van der Waals surface area contributed by atoms with Crippen LogP contribution < -0.4 is 5.32 Å². The molecule has 1 atom stereocenters. The number of azo groups is 2. The van der Waals surface area contributed by atoms with Crippen molar-refractivity contribution in [1.82, 2.24) is 0 Å². The Morgan fingerprint density at radius 1 is 0.757 bits per heavy atom. The first-order valence-electron chi connectivity index (χ1n) is 13.3. The van der Waals surface area contributed by atoms with Crippen LogP contribution in [0.15, 0.2) is 99.3 Å². The lowest BCUT2D eigenvalue weighted by Gasteiger charge is -2.17. The van der Waals surface area contributed by atoms with Gasteiger partial charge in [0.25, 0.3) is 0 Å². The normalized spacial score (nSPS) is 12.5. The second-order valence-corrected chi connectivity index (χ2v) is 9.69. The Morgan fingerprint density at radius 3 is 2.35 bits per heavy atom. The Morgan fingerprint density at radius 2 is 1.57 bits per heavy atom. The van der Waals surface area contributed by atoms with Crippen LogP contribution in [0.3, 0.4) is 0 Å². The van der Waals surface area contributed by atoms with E-state index in [1.54, 1.807) is 0 Å². The number of hydrogen-bond acceptors (Lipinski definition) is 5. The molecule has 4 aromatic carbocycles. The van der Waals surface area contributed by atoms with Gasteiger partial charge in [0, 0.05) is 11.9 Å². The van der Waals surface area contributed by atoms with Crippen molar-refractivity contribution in [3.63, 3.8) is 0 Å². The molecular weight excluding hydrogens is 454 g/mol. The number of aryl methyl sites for hydroxylation is 2. The van der Waals surface area contributed by atoms with E-state index in [1.165, 1.54) is 25.7 Å². The molecule has 0 fully saturated rings. The number of fused-ring (bicyclic) bond motifs is 1. The van der Waals surface area contributed by atoms with E-state index in [0.717, 1.165) is 56.9 Å². The van der Waals surface area contributed by atoms with Crippen molar-refractivity contribution in [3.8, 4) is 0 Å². The fraction of sp³-hybridized carbons (Fsp3) is 0.312. The molecule has 190 valence electrons. The van der Waals surface area contributed by atoms with Gasteiger partial charge >= 0.3 is 0 Å². The van der Waals surface area contributed by atoms with Crippen molar-refractivity contribution in [3.05, 3.63) is 90.0 Å². The van der Waals surface area contributed by atoms with Gasteiger partial charge in [0.05, 0.1) is 22.7 Å². The van der Waals surface area contributed by atoms with Crippen LogP contribution in [-0.4, -0.2) is 6.54 Å². The van der Waals surface area contributed by atoms with Crippen LogP contribution in [0.5, 0.6) is 0 Å². The molecule has 5 nitrogen and oxygen atoms in total. The minimum absolute atomic E-state index is 0.653. The topological polar surface area (TPSA) is 61.5 Å². The second kappa shape index (κ2) is 12.9. The number of benzene rings is 4. The fourth-order valence-corrected chi connectivity index (χ4v) is 4.43. The number of nitrogens with zero attached hydrogens (tertiary/aromatic N) is 4. The van der Waals surface area contributed by atoms with Crippen molar-refractivity contribution in [1.29, 1.82) is 0 Å². The highest BCUT2D eigenvalue weighted by Crippen LogP contribution is 2.36. The molecule has 0 aliphatic rings. The van der Waals surface area contributed by atoms with Crippen LogP contribution in [0.2, 0.25) is 0 Å². The predicted molar refractivity (Wildman–Crippen MR) is 156 cm³/mol. The summed E-state index contributed by atoms with van der Waals surface area (Å²) in [5.41, 5.74) is 6.54. The highest BCUT2D eigenvalue weighted by atomic mass is 15.1. The summed E-state index contributed by atoms with van der Waals surface area (Å²) in [6.45, 7) is 9.54. The average molecular weight is 492 g/mol. The van der Waals surface area contributed by atoms with Crippen molar-refractivity contribution >= 4 is 39.2 Å². The standard InChI is InChI=1S/C32H37N5/c1-5-7-12-25(6-2)22-33-31-18-16-26-13-8-9-15-29(26)32(31)37-35-28-17-19-30(24(4)21-28)36-34-27-14-10-11-23(3)20-27/h8-11,13-21,25,33H,5-7,12,22H2,1-4H3. The van der Waals surface area contributed by atoms with Gasteiger partial charge in [-0.3, -0.25) is 0 Å². The molecule has 37 heavy (non-hydrogen) atoms. The van der Waals surface area contributed by atoms with Gasteiger partial charge in [-0.25, -0.2) is 0 Å². The van der Waals surface area contributed by atoms with Gasteiger partial charge in [0.15, 0.2) is 0 Å². The zero-order chi connectivity index (χ0) is 26.0. The van der Waals surface area contributed by atoms with Crippen molar-refractivity contribution in [2.45, 2.75) is 53.4 Å². The highest BCUT2D eigenvalue weighted by Gasteiger charge is 2.11. The highest BCUT2D eigenvalue weighted by molar-refractivity contribution is 5.98. The maximum atomic E-state index is 4.75. The Balaban J connectivity index is 1.57. The van der Waals surface area contributed by atoms with Crippen molar-refractivity contribution < 1.29 is 0 Å². The minimum atomic E-state index is 0.653. The number of nitrogens with one attached hydrogen (secondary N) is 1. The van der Waals surface area contributed by atoms with Crippen LogP contribution in [0, 0.1) is 19.8 Å². The molecule has 0 saturated carbocycles. The van der Waals surface area contributed by atoms with Gasteiger partial charge < -0.3 is 5.32 Å². The lowest BCUT2D eigenvalue weighted by atomic mass is 9.99. The quantitative estimate of drug-likeness (QED) is 0.208. The van der Waals surface area contributed by atoms with E-state index in [9.17, 15) is 0 Å². The van der Waals surface area contributed by atoms with E-state index < -0.39 is 0 Å². The first kappa shape index (κ1) is 26.2. The molecule has 0 spiro atoms. The third kappa shape index (κ3) is 7.10. The van der Waals surface area contributed by atoms with Gasteiger partial charge in [-0.15, -0.1) is 5.11 Å². The van der Waals surface area contributed by atoms with Crippen molar-refractivity contribution in [2.75, 3.05) is 11.9 Å². The van der Waals surface area contributed by atoms with Crippen LogP contribution in [-0.2, 0) is 0 Å². The third-order valence-corrected chi connectivity index (χ3v) is 6.75. The smallest absolute Gasteiger partial charge is 0.117 e. The Hall–Kier alpha value is -3.86. The zero-order valence-electron chi connectivity index (χ0n) is 22.4. The molecule has 1 N–H and O–H groups in total. The van der Waals surface area contributed by atoms with Gasteiger partial charge in [0.1, 0.15) is 5.69 Å². The predicted octanol–water partition coefficient (Wildman–Crippen LogP) is 10.9. The molecular formula is C32H37N5. The number of anilines is 1. The van der Waals surface area contributed by atoms with E-state index in [-0.39, 0.29) is 0 Å². The number of rotatable bonds is 11. The van der Waals surface area contributed by atoms with Crippen molar-refractivity contribution in [2.24, 2.45) is 26.4 Å². The molecule has 0 aliphatic carbocycles.